The van der Waals surface area contributed by atoms with Gasteiger partial charge in [-0.15, -0.1) is 0 Å². The third kappa shape index (κ3) is 2.40. The Kier molecular flexibility index (Phi) is 3.22. The van der Waals surface area contributed by atoms with Crippen molar-refractivity contribution in [1.82, 2.24) is 0 Å². The number of carbonyl (C=O) groups excluding carboxylic acids is 2. The van der Waals surface area contributed by atoms with Crippen LogP contribution in [0.1, 0.15) is 28.4 Å². The van der Waals surface area contributed by atoms with Crippen LogP contribution in [0.4, 0.5) is 11.4 Å². The summed E-state index contributed by atoms with van der Waals surface area (Å²) in [5, 5.41) is 2.78. The number of rotatable bonds is 2. The number of aryl methyl sites for hydroxylation is 1. The van der Waals surface area contributed by atoms with Crippen molar-refractivity contribution in [3.8, 4) is 0 Å². The average Bonchev–Trinajstić information content (AvgIpc) is 2.79. The number of carbonyl (C=O) groups is 2. The molecule has 0 radical (unpaired) electrons. The maximum atomic E-state index is 12.4. The summed E-state index contributed by atoms with van der Waals surface area (Å²) in [5.41, 5.74) is 4.37. The second kappa shape index (κ2) is 5.05. The Labute approximate surface area is 123 Å². The molecular weight excluding hydrogens is 264 g/mol. The molecule has 2 amide bonds. The lowest BCUT2D eigenvalue weighted by Crippen LogP contribution is -2.23. The molecule has 4 heteroatoms. The highest BCUT2D eigenvalue weighted by Gasteiger charge is 2.28. The summed E-state index contributed by atoms with van der Waals surface area (Å²) in [5.74, 6) is -0.0761. The number of nitrogens with zero attached hydrogens (tertiary/aromatic N) is 1. The first-order valence-electron chi connectivity index (χ1n) is 6.84. The van der Waals surface area contributed by atoms with E-state index in [4.69, 9.17) is 0 Å². The third-order valence-corrected chi connectivity index (χ3v) is 3.65. The monoisotopic (exact) mass is 280 g/mol. The van der Waals surface area contributed by atoms with Crippen LogP contribution in [0.25, 0.3) is 0 Å². The van der Waals surface area contributed by atoms with Crippen molar-refractivity contribution in [3.63, 3.8) is 0 Å². The van der Waals surface area contributed by atoms with Gasteiger partial charge in [-0.05, 0) is 42.3 Å². The predicted octanol–water partition coefficient (Wildman–Crippen LogP) is 3.11. The zero-order valence-corrected chi connectivity index (χ0v) is 12.0. The van der Waals surface area contributed by atoms with Crippen molar-refractivity contribution in [2.75, 3.05) is 10.2 Å². The molecule has 2 aromatic carbocycles. The first-order valence-corrected chi connectivity index (χ1v) is 6.84. The topological polar surface area (TPSA) is 49.4 Å². The minimum Gasteiger partial charge on any atom is -0.326 e. The number of hydrogen-bond donors (Lipinski definition) is 1. The Bertz CT molecular complexity index is 737. The van der Waals surface area contributed by atoms with Crippen LogP contribution in [0.2, 0.25) is 0 Å². The van der Waals surface area contributed by atoms with Gasteiger partial charge in [-0.3, -0.25) is 9.59 Å². The van der Waals surface area contributed by atoms with Gasteiger partial charge in [-0.25, -0.2) is 0 Å². The van der Waals surface area contributed by atoms with E-state index in [0.717, 1.165) is 28.1 Å². The van der Waals surface area contributed by atoms with Crippen LogP contribution in [0, 0.1) is 6.92 Å². The summed E-state index contributed by atoms with van der Waals surface area (Å²) in [7, 11) is 0. The van der Waals surface area contributed by atoms with Crippen LogP contribution in [-0.4, -0.2) is 11.8 Å². The lowest BCUT2D eigenvalue weighted by molar-refractivity contribution is -0.114. The molecule has 0 bridgehead atoms. The maximum Gasteiger partial charge on any atom is 0.258 e. The molecule has 0 aromatic heterocycles. The van der Waals surface area contributed by atoms with Crippen molar-refractivity contribution >= 4 is 23.2 Å². The van der Waals surface area contributed by atoms with Crippen LogP contribution in [0.3, 0.4) is 0 Å². The minimum atomic E-state index is -0.101. The number of nitrogens with one attached hydrogen (secondary N) is 1. The zero-order valence-electron chi connectivity index (χ0n) is 12.0. The van der Waals surface area contributed by atoms with E-state index in [0.29, 0.717) is 6.54 Å². The first-order chi connectivity index (χ1) is 10.1. The van der Waals surface area contributed by atoms with Gasteiger partial charge in [-0.1, -0.05) is 18.2 Å². The van der Waals surface area contributed by atoms with Crippen molar-refractivity contribution < 1.29 is 9.59 Å². The van der Waals surface area contributed by atoms with Gasteiger partial charge in [0, 0.05) is 23.9 Å². The molecule has 1 aliphatic rings. The van der Waals surface area contributed by atoms with Gasteiger partial charge in [0.2, 0.25) is 5.91 Å². The SMILES string of the molecule is CC(=O)Nc1ccc(N2Cc3ccccc3C2=O)cc1C. The van der Waals surface area contributed by atoms with Crippen LogP contribution >= 0.6 is 0 Å². The number of anilines is 2. The summed E-state index contributed by atoms with van der Waals surface area (Å²) in [4.78, 5) is 25.3. The summed E-state index contributed by atoms with van der Waals surface area (Å²) in [6.45, 7) is 3.99. The Hall–Kier alpha value is -2.62. The molecule has 0 spiro atoms. The molecular formula is C17H16N2O2. The lowest BCUT2D eigenvalue weighted by atomic mass is 10.1. The molecule has 1 heterocycles. The third-order valence-electron chi connectivity index (χ3n) is 3.65. The van der Waals surface area contributed by atoms with Gasteiger partial charge in [0.25, 0.3) is 5.91 Å². The van der Waals surface area contributed by atoms with E-state index < -0.39 is 0 Å². The number of hydrogen-bond acceptors (Lipinski definition) is 2. The van der Waals surface area contributed by atoms with Gasteiger partial charge < -0.3 is 10.2 Å². The highest BCUT2D eigenvalue weighted by molar-refractivity contribution is 6.10. The molecule has 0 atom stereocenters. The van der Waals surface area contributed by atoms with Crippen molar-refractivity contribution in [1.29, 1.82) is 0 Å². The lowest BCUT2D eigenvalue weighted by Gasteiger charge is -2.17. The van der Waals surface area contributed by atoms with E-state index in [1.165, 1.54) is 6.92 Å². The fourth-order valence-electron chi connectivity index (χ4n) is 2.61. The van der Waals surface area contributed by atoms with E-state index in [1.807, 2.05) is 49.4 Å². The standard InChI is InChI=1S/C17H16N2O2/c1-11-9-14(7-8-16(11)18-12(2)20)19-10-13-5-3-4-6-15(13)17(19)21/h3-9H,10H2,1-2H3,(H,18,20). The summed E-state index contributed by atoms with van der Waals surface area (Å²) < 4.78 is 0. The molecule has 3 rings (SSSR count). The zero-order chi connectivity index (χ0) is 15.0. The molecule has 0 saturated heterocycles. The molecule has 4 nitrogen and oxygen atoms in total. The number of benzene rings is 2. The summed E-state index contributed by atoms with van der Waals surface area (Å²) >= 11 is 0. The highest BCUT2D eigenvalue weighted by Crippen LogP contribution is 2.30. The van der Waals surface area contributed by atoms with E-state index in [2.05, 4.69) is 5.32 Å². The Morgan fingerprint density at radius 1 is 1.19 bits per heavy atom. The van der Waals surface area contributed by atoms with E-state index in [9.17, 15) is 9.59 Å². The van der Waals surface area contributed by atoms with Crippen molar-refractivity contribution in [2.24, 2.45) is 0 Å². The van der Waals surface area contributed by atoms with Crippen LogP contribution < -0.4 is 10.2 Å². The van der Waals surface area contributed by atoms with Gasteiger partial charge >= 0.3 is 0 Å². The van der Waals surface area contributed by atoms with Gasteiger partial charge in [0.1, 0.15) is 0 Å². The Morgan fingerprint density at radius 3 is 2.62 bits per heavy atom. The van der Waals surface area contributed by atoms with Gasteiger partial charge in [-0.2, -0.15) is 0 Å². The fraction of sp³-hybridized carbons (Fsp3) is 0.176. The summed E-state index contributed by atoms with van der Waals surface area (Å²) in [6, 6.07) is 13.3. The number of fused-ring (bicyclic) bond motifs is 1. The Balaban J connectivity index is 1.91. The van der Waals surface area contributed by atoms with Crippen LogP contribution in [0.15, 0.2) is 42.5 Å². The molecule has 0 saturated carbocycles. The fourth-order valence-corrected chi connectivity index (χ4v) is 2.61. The van der Waals surface area contributed by atoms with Crippen molar-refractivity contribution in [2.45, 2.75) is 20.4 Å². The largest absolute Gasteiger partial charge is 0.326 e. The average molecular weight is 280 g/mol. The second-order valence-electron chi connectivity index (χ2n) is 5.23. The molecule has 106 valence electrons. The van der Waals surface area contributed by atoms with Crippen LogP contribution in [0.5, 0.6) is 0 Å². The molecule has 1 aliphatic heterocycles. The number of amides is 2. The molecule has 21 heavy (non-hydrogen) atoms. The van der Waals surface area contributed by atoms with Crippen molar-refractivity contribution in [3.05, 3.63) is 59.2 Å². The smallest absolute Gasteiger partial charge is 0.258 e. The quantitative estimate of drug-likeness (QED) is 0.919. The predicted molar refractivity (Wildman–Crippen MR) is 82.4 cm³/mol. The first kappa shape index (κ1) is 13.4. The second-order valence-corrected chi connectivity index (χ2v) is 5.23. The van der Waals surface area contributed by atoms with E-state index >= 15 is 0 Å². The molecule has 0 aliphatic carbocycles. The minimum absolute atomic E-state index is 0.0253. The van der Waals surface area contributed by atoms with E-state index in [1.54, 1.807) is 4.90 Å². The van der Waals surface area contributed by atoms with Gasteiger partial charge in [0.05, 0.1) is 6.54 Å². The molecule has 0 fully saturated rings. The summed E-state index contributed by atoms with van der Waals surface area (Å²) in [6.07, 6.45) is 0. The highest BCUT2D eigenvalue weighted by atomic mass is 16.2. The normalized spacial score (nSPS) is 13.2. The van der Waals surface area contributed by atoms with E-state index in [-0.39, 0.29) is 11.8 Å². The molecule has 0 unspecified atom stereocenters. The maximum absolute atomic E-state index is 12.4. The van der Waals surface area contributed by atoms with Gasteiger partial charge in [0.15, 0.2) is 0 Å². The Morgan fingerprint density at radius 2 is 1.95 bits per heavy atom. The van der Waals surface area contributed by atoms with Crippen LogP contribution in [-0.2, 0) is 11.3 Å². The molecule has 2 aromatic rings. The molecule has 1 N–H and O–H groups in total.